The Morgan fingerprint density at radius 1 is 1.36 bits per heavy atom. The van der Waals surface area contributed by atoms with E-state index in [-0.39, 0.29) is 5.91 Å². The number of hydrogen-bond donors (Lipinski definition) is 1. The molecule has 1 saturated carbocycles. The summed E-state index contributed by atoms with van der Waals surface area (Å²) >= 11 is 5.20. The Labute approximate surface area is 227 Å². The molecule has 4 rings (SSSR count). The van der Waals surface area contributed by atoms with Crippen LogP contribution in [0.15, 0.2) is 56.6 Å². The fraction of sp³-hybridized carbons (Fsp3) is 0.464. The van der Waals surface area contributed by atoms with Gasteiger partial charge in [0.2, 0.25) is 5.91 Å². The van der Waals surface area contributed by atoms with Crippen molar-refractivity contribution < 1.29 is 4.79 Å². The Hall–Kier alpha value is -2.29. The number of nitrogens with one attached hydrogen (secondary N) is 1. The lowest BCUT2D eigenvalue weighted by Crippen LogP contribution is -2.35. The van der Waals surface area contributed by atoms with E-state index in [1.807, 2.05) is 23.1 Å². The highest BCUT2D eigenvalue weighted by molar-refractivity contribution is 9.11. The van der Waals surface area contributed by atoms with Gasteiger partial charge in [-0.05, 0) is 50.7 Å². The molecular formula is C28H36BrN5OS. The molecule has 0 bridgehead atoms. The van der Waals surface area contributed by atoms with E-state index in [1.165, 1.54) is 54.4 Å². The van der Waals surface area contributed by atoms with Crippen molar-refractivity contribution in [1.82, 2.24) is 15.1 Å². The summed E-state index contributed by atoms with van der Waals surface area (Å²) in [6, 6.07) is 0.653. The number of rotatable bonds is 9. The lowest BCUT2D eigenvalue weighted by atomic mass is 9.94. The zero-order valence-electron chi connectivity index (χ0n) is 21.1. The van der Waals surface area contributed by atoms with Crippen molar-refractivity contribution in [2.45, 2.75) is 64.1 Å². The van der Waals surface area contributed by atoms with Crippen LogP contribution >= 0.6 is 27.3 Å². The summed E-state index contributed by atoms with van der Waals surface area (Å²) < 4.78 is 1.09. The second kappa shape index (κ2) is 13.3. The zero-order valence-corrected chi connectivity index (χ0v) is 23.5. The number of nitrogens with zero attached hydrogens (tertiary/aromatic N) is 4. The van der Waals surface area contributed by atoms with E-state index < -0.39 is 0 Å². The van der Waals surface area contributed by atoms with E-state index in [0.29, 0.717) is 19.1 Å². The van der Waals surface area contributed by atoms with Crippen LogP contribution < -0.4 is 5.32 Å². The first-order valence-electron chi connectivity index (χ1n) is 12.8. The van der Waals surface area contributed by atoms with Gasteiger partial charge in [0.1, 0.15) is 11.3 Å². The van der Waals surface area contributed by atoms with Crippen molar-refractivity contribution in [3.05, 3.63) is 62.6 Å². The van der Waals surface area contributed by atoms with Crippen LogP contribution in [-0.4, -0.2) is 54.9 Å². The normalized spacial score (nSPS) is 18.9. The highest BCUT2D eigenvalue weighted by Crippen LogP contribution is 2.39. The van der Waals surface area contributed by atoms with Gasteiger partial charge in [0.15, 0.2) is 0 Å². The number of amides is 1. The van der Waals surface area contributed by atoms with Gasteiger partial charge in [-0.3, -0.25) is 14.7 Å². The van der Waals surface area contributed by atoms with E-state index >= 15 is 0 Å². The van der Waals surface area contributed by atoms with E-state index in [2.05, 4.69) is 62.0 Å². The molecule has 1 aliphatic heterocycles. The number of halogens is 1. The standard InChI is InChI=1S/C28H36BrN5OS/c1-30-20-32-28-25(18-31-22-9-6-8-21(29)13-14-22)24-15-17-34(19-26(24)36-28)27(35)12-7-16-33(2)23-10-4-3-5-11-23/h6-9,12-13,20,23,31H,1,3-5,10-11,14-19H2,2H3/b12-7+,32-20-. The Kier molecular flexibility index (Phi) is 9.90. The third-order valence-electron chi connectivity index (χ3n) is 7.13. The number of carbonyl (C=O) groups is 1. The van der Waals surface area contributed by atoms with Crippen LogP contribution in [0, 0.1) is 0 Å². The molecule has 0 radical (unpaired) electrons. The Bertz CT molecular complexity index is 1090. The molecule has 0 atom stereocenters. The maximum atomic E-state index is 13.0. The molecule has 0 spiro atoms. The molecule has 0 unspecified atom stereocenters. The number of hydrogen-bond acceptors (Lipinski definition) is 5. The fourth-order valence-electron chi connectivity index (χ4n) is 5.05. The Balaban J connectivity index is 1.39. The fourth-order valence-corrected chi connectivity index (χ4v) is 6.59. The molecule has 3 aliphatic rings. The van der Waals surface area contributed by atoms with Gasteiger partial charge < -0.3 is 10.2 Å². The SMILES string of the molecule is C=N/C=N\c1sc2c(c1CNC1=CC=CC(Br)=CC1)CCN(C(=O)/C=C/CN(C)C1CCCCC1)C2. The molecule has 2 heterocycles. The van der Waals surface area contributed by atoms with Gasteiger partial charge in [-0.15, -0.1) is 11.3 Å². The third-order valence-corrected chi connectivity index (χ3v) is 8.88. The Morgan fingerprint density at radius 2 is 2.19 bits per heavy atom. The second-order valence-corrected chi connectivity index (χ2v) is 11.6. The first kappa shape index (κ1) is 26.8. The molecule has 1 aromatic rings. The number of carbonyl (C=O) groups excluding carboxylic acids is 1. The molecule has 1 N–H and O–H groups in total. The van der Waals surface area contributed by atoms with Crippen LogP contribution in [-0.2, 0) is 24.3 Å². The molecular weight excluding hydrogens is 534 g/mol. The van der Waals surface area contributed by atoms with Gasteiger partial charge in [0.25, 0.3) is 0 Å². The maximum Gasteiger partial charge on any atom is 0.246 e. The maximum absolute atomic E-state index is 13.0. The summed E-state index contributed by atoms with van der Waals surface area (Å²) in [7, 11) is 2.18. The van der Waals surface area contributed by atoms with Crippen molar-refractivity contribution >= 4 is 51.2 Å². The van der Waals surface area contributed by atoms with Crippen molar-refractivity contribution in [2.24, 2.45) is 9.98 Å². The summed E-state index contributed by atoms with van der Waals surface area (Å²) in [5.74, 6) is 0.0938. The van der Waals surface area contributed by atoms with E-state index in [9.17, 15) is 4.79 Å². The summed E-state index contributed by atoms with van der Waals surface area (Å²) in [4.78, 5) is 26.9. The van der Waals surface area contributed by atoms with Crippen LogP contribution in [0.5, 0.6) is 0 Å². The van der Waals surface area contributed by atoms with Crippen LogP contribution in [0.2, 0.25) is 0 Å². The topological polar surface area (TPSA) is 60.3 Å². The first-order valence-corrected chi connectivity index (χ1v) is 14.4. The molecule has 192 valence electrons. The summed E-state index contributed by atoms with van der Waals surface area (Å²) in [6.45, 7) is 6.41. The summed E-state index contributed by atoms with van der Waals surface area (Å²) in [5.41, 5.74) is 3.67. The first-order chi connectivity index (χ1) is 17.5. The predicted octanol–water partition coefficient (Wildman–Crippen LogP) is 6.03. The minimum Gasteiger partial charge on any atom is -0.384 e. The third kappa shape index (κ3) is 7.14. The lowest BCUT2D eigenvalue weighted by molar-refractivity contribution is -0.126. The number of fused-ring (bicyclic) bond motifs is 1. The van der Waals surface area contributed by atoms with E-state index in [4.69, 9.17) is 0 Å². The predicted molar refractivity (Wildman–Crippen MR) is 155 cm³/mol. The van der Waals surface area contributed by atoms with E-state index in [0.717, 1.165) is 41.1 Å². The molecule has 2 aliphatic carbocycles. The minimum absolute atomic E-state index is 0.0938. The quantitative estimate of drug-likeness (QED) is 0.224. The molecule has 1 fully saturated rings. The molecule has 1 aromatic heterocycles. The number of thiophene rings is 1. The molecule has 6 nitrogen and oxygen atoms in total. The van der Waals surface area contributed by atoms with Gasteiger partial charge in [-0.1, -0.05) is 53.4 Å². The molecule has 36 heavy (non-hydrogen) atoms. The highest BCUT2D eigenvalue weighted by atomic mass is 79.9. The van der Waals surface area contributed by atoms with Crippen molar-refractivity contribution in [1.29, 1.82) is 0 Å². The Morgan fingerprint density at radius 3 is 3.00 bits per heavy atom. The lowest BCUT2D eigenvalue weighted by Gasteiger charge is -2.30. The summed E-state index contributed by atoms with van der Waals surface area (Å²) in [5, 5.41) is 4.53. The van der Waals surface area contributed by atoms with Gasteiger partial charge in [0, 0.05) is 58.8 Å². The zero-order chi connectivity index (χ0) is 25.3. The van der Waals surface area contributed by atoms with Crippen LogP contribution in [0.3, 0.4) is 0 Å². The van der Waals surface area contributed by atoms with Crippen LogP contribution in [0.4, 0.5) is 5.00 Å². The largest absolute Gasteiger partial charge is 0.384 e. The van der Waals surface area contributed by atoms with E-state index in [1.54, 1.807) is 17.4 Å². The van der Waals surface area contributed by atoms with Crippen LogP contribution in [0.25, 0.3) is 0 Å². The number of likely N-dealkylation sites (N-methyl/N-ethyl adjacent to an activating group) is 1. The van der Waals surface area contributed by atoms with Gasteiger partial charge in [0.05, 0.1) is 6.54 Å². The van der Waals surface area contributed by atoms with Crippen molar-refractivity contribution in [2.75, 3.05) is 20.1 Å². The van der Waals surface area contributed by atoms with Gasteiger partial charge in [-0.2, -0.15) is 0 Å². The second-order valence-electron chi connectivity index (χ2n) is 9.56. The van der Waals surface area contributed by atoms with Crippen molar-refractivity contribution in [3.8, 4) is 0 Å². The van der Waals surface area contributed by atoms with Crippen molar-refractivity contribution in [3.63, 3.8) is 0 Å². The average Bonchev–Trinajstić information content (AvgIpc) is 3.11. The minimum atomic E-state index is 0.0938. The molecule has 8 heteroatoms. The molecule has 0 aromatic carbocycles. The van der Waals surface area contributed by atoms with Crippen LogP contribution in [0.1, 0.15) is 54.5 Å². The summed E-state index contributed by atoms with van der Waals surface area (Å²) in [6.07, 6.45) is 21.9. The average molecular weight is 571 g/mol. The smallest absolute Gasteiger partial charge is 0.246 e. The molecule has 1 amide bonds. The number of allylic oxidation sites excluding steroid dienone is 5. The monoisotopic (exact) mass is 569 g/mol. The number of aliphatic imine (C=N–C) groups is 2. The highest BCUT2D eigenvalue weighted by Gasteiger charge is 2.26. The van der Waals surface area contributed by atoms with Gasteiger partial charge >= 0.3 is 0 Å². The molecule has 0 saturated heterocycles. The van der Waals surface area contributed by atoms with Gasteiger partial charge in [-0.25, -0.2) is 4.99 Å².